The van der Waals surface area contributed by atoms with E-state index in [0.29, 0.717) is 22.5 Å². The molecule has 1 saturated heterocycles. The number of piperazine rings is 1. The second-order valence-corrected chi connectivity index (χ2v) is 9.23. The zero-order valence-electron chi connectivity index (χ0n) is 20.4. The van der Waals surface area contributed by atoms with E-state index in [-0.39, 0.29) is 0 Å². The maximum absolute atomic E-state index is 12.6. The summed E-state index contributed by atoms with van der Waals surface area (Å²) in [4.78, 5) is 27.6. The van der Waals surface area contributed by atoms with Crippen molar-refractivity contribution < 1.29 is 9.53 Å². The van der Waals surface area contributed by atoms with Gasteiger partial charge < -0.3 is 19.9 Å². The van der Waals surface area contributed by atoms with Crippen LogP contribution in [-0.4, -0.2) is 72.7 Å². The molecule has 0 atom stereocenters. The number of anilines is 3. The van der Waals surface area contributed by atoms with Crippen molar-refractivity contribution in [3.63, 3.8) is 0 Å². The molecule has 1 N–H and O–H groups in total. The van der Waals surface area contributed by atoms with Crippen molar-refractivity contribution in [2.24, 2.45) is 0 Å². The van der Waals surface area contributed by atoms with Crippen LogP contribution in [0.1, 0.15) is 11.1 Å². The number of aromatic nitrogens is 2. The molecule has 1 aliphatic heterocycles. The van der Waals surface area contributed by atoms with E-state index in [9.17, 15) is 4.79 Å². The molecule has 9 heteroatoms. The first kappa shape index (κ1) is 24.9. The molecule has 1 aromatic heterocycles. The number of carbonyl (C=O) groups is 1. The van der Waals surface area contributed by atoms with E-state index in [1.807, 2.05) is 19.1 Å². The van der Waals surface area contributed by atoms with Crippen LogP contribution in [0.2, 0.25) is 5.02 Å². The van der Waals surface area contributed by atoms with Crippen LogP contribution in [0.4, 0.5) is 22.2 Å². The maximum atomic E-state index is 12.6. The zero-order valence-corrected chi connectivity index (χ0v) is 21.1. The smallest absolute Gasteiger partial charge is 0.410 e. The molecule has 4 rings (SSSR count). The number of rotatable bonds is 7. The number of likely N-dealkylation sites (N-methyl/N-ethyl adjacent to an activating group) is 1. The molecule has 0 radical (unpaired) electrons. The lowest BCUT2D eigenvalue weighted by atomic mass is 10.1. The van der Waals surface area contributed by atoms with Gasteiger partial charge >= 0.3 is 6.09 Å². The molecule has 1 aliphatic rings. The number of benzene rings is 2. The number of nitrogens with one attached hydrogen (secondary N) is 1. The minimum absolute atomic E-state index is 0.395. The zero-order chi connectivity index (χ0) is 24.8. The number of carbonyl (C=O) groups excluding carboxylic acids is 1. The van der Waals surface area contributed by atoms with Crippen molar-refractivity contribution in [1.82, 2.24) is 19.8 Å². The lowest BCUT2D eigenvalue weighted by Crippen LogP contribution is -2.45. The number of hydrogen-bond acceptors (Lipinski definition) is 7. The van der Waals surface area contributed by atoms with E-state index in [2.05, 4.69) is 44.3 Å². The molecule has 2 heterocycles. The highest BCUT2D eigenvalue weighted by Gasteiger charge is 2.17. The van der Waals surface area contributed by atoms with Gasteiger partial charge in [0, 0.05) is 56.7 Å². The number of nitrogens with zero attached hydrogens (tertiary/aromatic N) is 5. The van der Waals surface area contributed by atoms with E-state index < -0.39 is 6.09 Å². The number of halogens is 1. The van der Waals surface area contributed by atoms with Crippen molar-refractivity contribution in [1.29, 1.82) is 0 Å². The second-order valence-electron chi connectivity index (χ2n) is 8.79. The summed E-state index contributed by atoms with van der Waals surface area (Å²) in [5.41, 5.74) is 2.99. The van der Waals surface area contributed by atoms with Crippen molar-refractivity contribution in [2.45, 2.75) is 13.3 Å². The Morgan fingerprint density at radius 2 is 1.86 bits per heavy atom. The van der Waals surface area contributed by atoms with Crippen LogP contribution in [0, 0.1) is 6.92 Å². The van der Waals surface area contributed by atoms with Gasteiger partial charge in [-0.1, -0.05) is 29.8 Å². The first-order valence-corrected chi connectivity index (χ1v) is 12.1. The fourth-order valence-corrected chi connectivity index (χ4v) is 3.94. The molecule has 0 unspecified atom stereocenters. The summed E-state index contributed by atoms with van der Waals surface area (Å²) in [5.74, 6) is 1.22. The Morgan fingerprint density at radius 3 is 2.60 bits per heavy atom. The van der Waals surface area contributed by atoms with Gasteiger partial charge in [-0.25, -0.2) is 9.78 Å². The van der Waals surface area contributed by atoms with Gasteiger partial charge in [0.2, 0.25) is 5.95 Å². The van der Waals surface area contributed by atoms with Gasteiger partial charge in [-0.2, -0.15) is 4.98 Å². The molecule has 1 fully saturated rings. The van der Waals surface area contributed by atoms with Crippen LogP contribution in [-0.2, 0) is 6.42 Å². The van der Waals surface area contributed by atoms with Gasteiger partial charge in [0.05, 0.1) is 0 Å². The first-order chi connectivity index (χ1) is 16.9. The predicted molar refractivity (Wildman–Crippen MR) is 140 cm³/mol. The number of ether oxygens (including phenoxy) is 1. The normalized spacial score (nSPS) is 14.5. The Labute approximate surface area is 211 Å². The average Bonchev–Trinajstić information content (AvgIpc) is 2.86. The van der Waals surface area contributed by atoms with Crippen molar-refractivity contribution in [2.75, 3.05) is 57.0 Å². The van der Waals surface area contributed by atoms with Gasteiger partial charge in [0.1, 0.15) is 11.6 Å². The molecule has 35 heavy (non-hydrogen) atoms. The summed E-state index contributed by atoms with van der Waals surface area (Å²) in [5, 5.41) is 3.71. The van der Waals surface area contributed by atoms with Gasteiger partial charge in [0.25, 0.3) is 0 Å². The van der Waals surface area contributed by atoms with Crippen molar-refractivity contribution in [3.05, 3.63) is 70.9 Å². The standard InChI is InChI=1S/C26H31ClN6O2/c1-19-4-7-21(27)18-23(19)35-26(34)32(3)24-10-12-28-25(30-24)29-22-8-5-20(6-9-22)11-13-33-16-14-31(2)15-17-33/h4-10,12,18H,11,13-17H2,1-3H3,(H,28,29,30). The number of aryl methyl sites for hydroxylation is 1. The third kappa shape index (κ3) is 6.91. The van der Waals surface area contributed by atoms with E-state index in [0.717, 1.165) is 50.4 Å². The fourth-order valence-electron chi connectivity index (χ4n) is 3.78. The number of amides is 1. The Morgan fingerprint density at radius 1 is 1.11 bits per heavy atom. The molecule has 184 valence electrons. The average molecular weight is 495 g/mol. The summed E-state index contributed by atoms with van der Waals surface area (Å²) in [6.07, 6.45) is 2.06. The molecule has 1 amide bonds. The minimum Gasteiger partial charge on any atom is -0.410 e. The molecular weight excluding hydrogens is 464 g/mol. The summed E-state index contributed by atoms with van der Waals surface area (Å²) in [6, 6.07) is 15.1. The van der Waals surface area contributed by atoms with Crippen LogP contribution in [0.15, 0.2) is 54.7 Å². The lowest BCUT2D eigenvalue weighted by Gasteiger charge is -2.32. The first-order valence-electron chi connectivity index (χ1n) is 11.7. The highest BCUT2D eigenvalue weighted by Crippen LogP contribution is 2.24. The minimum atomic E-state index is -0.565. The van der Waals surface area contributed by atoms with E-state index in [1.54, 1.807) is 37.5 Å². The van der Waals surface area contributed by atoms with Gasteiger partial charge in [0.15, 0.2) is 0 Å². The largest absolute Gasteiger partial charge is 0.420 e. The number of hydrogen-bond donors (Lipinski definition) is 1. The molecule has 0 bridgehead atoms. The molecule has 3 aromatic rings. The third-order valence-electron chi connectivity index (χ3n) is 6.13. The lowest BCUT2D eigenvalue weighted by molar-refractivity contribution is 0.155. The molecule has 0 saturated carbocycles. The van der Waals surface area contributed by atoms with E-state index >= 15 is 0 Å². The Kier molecular flexibility index (Phi) is 8.17. The van der Waals surface area contributed by atoms with Crippen LogP contribution in [0.5, 0.6) is 5.75 Å². The second kappa shape index (κ2) is 11.5. The van der Waals surface area contributed by atoms with Crippen LogP contribution >= 0.6 is 11.6 Å². The topological polar surface area (TPSA) is 73.8 Å². The molecule has 0 aliphatic carbocycles. The van der Waals surface area contributed by atoms with E-state index in [4.69, 9.17) is 16.3 Å². The van der Waals surface area contributed by atoms with E-state index in [1.165, 1.54) is 10.5 Å². The monoisotopic (exact) mass is 494 g/mol. The summed E-state index contributed by atoms with van der Waals surface area (Å²) in [6.45, 7) is 7.45. The summed E-state index contributed by atoms with van der Waals surface area (Å²) in [7, 11) is 3.78. The Hall–Kier alpha value is -3.20. The van der Waals surface area contributed by atoms with Gasteiger partial charge in [-0.05, 0) is 61.9 Å². The summed E-state index contributed by atoms with van der Waals surface area (Å²) < 4.78 is 5.50. The van der Waals surface area contributed by atoms with Gasteiger partial charge in [-0.3, -0.25) is 4.90 Å². The van der Waals surface area contributed by atoms with Crippen LogP contribution in [0.3, 0.4) is 0 Å². The molecular formula is C26H31ClN6O2. The molecule has 8 nitrogen and oxygen atoms in total. The predicted octanol–water partition coefficient (Wildman–Crippen LogP) is 4.61. The van der Waals surface area contributed by atoms with Crippen molar-refractivity contribution >= 4 is 35.1 Å². The van der Waals surface area contributed by atoms with Gasteiger partial charge in [-0.15, -0.1) is 0 Å². The van der Waals surface area contributed by atoms with Crippen LogP contribution in [0.25, 0.3) is 0 Å². The highest BCUT2D eigenvalue weighted by molar-refractivity contribution is 6.30. The summed E-state index contributed by atoms with van der Waals surface area (Å²) >= 11 is 6.02. The maximum Gasteiger partial charge on any atom is 0.420 e. The quantitative estimate of drug-likeness (QED) is 0.514. The Bertz CT molecular complexity index is 1150. The highest BCUT2D eigenvalue weighted by atomic mass is 35.5. The van der Waals surface area contributed by atoms with Crippen LogP contribution < -0.4 is 15.0 Å². The molecule has 2 aromatic carbocycles. The Balaban J connectivity index is 1.33. The van der Waals surface area contributed by atoms with Crippen molar-refractivity contribution in [3.8, 4) is 5.75 Å². The molecule has 0 spiro atoms. The third-order valence-corrected chi connectivity index (χ3v) is 6.36. The fraction of sp³-hybridized carbons (Fsp3) is 0.346. The SMILES string of the molecule is Cc1ccc(Cl)cc1OC(=O)N(C)c1ccnc(Nc2ccc(CCN3CCN(C)CC3)cc2)n1.